The summed E-state index contributed by atoms with van der Waals surface area (Å²) in [6, 6.07) is 14.0. The van der Waals surface area contributed by atoms with Crippen molar-refractivity contribution in [1.29, 1.82) is 0 Å². The molecule has 0 fully saturated rings. The van der Waals surface area contributed by atoms with Gasteiger partial charge in [-0.1, -0.05) is 29.8 Å². The summed E-state index contributed by atoms with van der Waals surface area (Å²) in [7, 11) is 0. The highest BCUT2D eigenvalue weighted by Crippen LogP contribution is 2.22. The maximum absolute atomic E-state index is 12.2. The smallest absolute Gasteiger partial charge is 0.277 e. The summed E-state index contributed by atoms with van der Waals surface area (Å²) in [6.07, 6.45) is 0. The normalized spacial score (nSPS) is 10.4. The van der Waals surface area contributed by atoms with E-state index in [2.05, 4.69) is 15.5 Å². The van der Waals surface area contributed by atoms with Crippen LogP contribution in [0.5, 0.6) is 5.88 Å². The zero-order valence-corrected chi connectivity index (χ0v) is 16.3. The second-order valence-corrected chi connectivity index (χ2v) is 6.48. The summed E-state index contributed by atoms with van der Waals surface area (Å²) >= 11 is 0. The van der Waals surface area contributed by atoms with E-state index in [1.807, 2.05) is 31.2 Å². The number of nitro benzene ring substituents is 2. The van der Waals surface area contributed by atoms with Gasteiger partial charge in [-0.2, -0.15) is 0 Å². The highest BCUT2D eigenvalue weighted by Gasteiger charge is 2.19. The Morgan fingerprint density at radius 2 is 1.61 bits per heavy atom. The van der Waals surface area contributed by atoms with E-state index in [0.29, 0.717) is 5.69 Å². The summed E-state index contributed by atoms with van der Waals surface area (Å²) in [5.41, 5.74) is 1.47. The summed E-state index contributed by atoms with van der Waals surface area (Å²) in [5.74, 6) is -0.438. The summed E-state index contributed by atoms with van der Waals surface area (Å²) in [4.78, 5) is 32.4. The third-order valence-electron chi connectivity index (χ3n) is 4.21. The molecular weight excluding hydrogens is 406 g/mol. The molecule has 0 saturated heterocycles. The van der Waals surface area contributed by atoms with Crippen LogP contribution in [0, 0.1) is 27.2 Å². The van der Waals surface area contributed by atoms with E-state index in [0.717, 1.165) is 29.3 Å². The number of hydrogen-bond acceptors (Lipinski definition) is 8. The first-order valence-corrected chi connectivity index (χ1v) is 9.09. The van der Waals surface area contributed by atoms with Gasteiger partial charge in [-0.3, -0.25) is 25.0 Å². The Bertz CT molecular complexity index is 1080. The first-order chi connectivity index (χ1) is 14.8. The van der Waals surface area contributed by atoms with Gasteiger partial charge in [0.15, 0.2) is 0 Å². The fourth-order valence-electron chi connectivity index (χ4n) is 2.63. The molecule has 0 aliphatic heterocycles. The fourth-order valence-corrected chi connectivity index (χ4v) is 2.63. The lowest BCUT2D eigenvalue weighted by Crippen LogP contribution is -2.28. The van der Waals surface area contributed by atoms with Crippen molar-refractivity contribution in [2.75, 3.05) is 13.2 Å². The van der Waals surface area contributed by atoms with Crippen LogP contribution in [0.3, 0.4) is 0 Å². The van der Waals surface area contributed by atoms with Gasteiger partial charge < -0.3 is 10.1 Å². The van der Waals surface area contributed by atoms with E-state index in [4.69, 9.17) is 4.74 Å². The number of carbonyl (C=O) groups excluding carboxylic acids is 1. The minimum atomic E-state index is -0.800. The number of carbonyl (C=O) groups is 1. The summed E-state index contributed by atoms with van der Waals surface area (Å²) in [6.45, 7) is 2.10. The molecule has 0 spiro atoms. The van der Waals surface area contributed by atoms with E-state index in [-0.39, 0.29) is 24.6 Å². The number of hydrogen-bond donors (Lipinski definition) is 1. The Kier molecular flexibility index (Phi) is 6.45. The number of nitro groups is 2. The molecule has 0 unspecified atom stereocenters. The average molecular weight is 423 g/mol. The third kappa shape index (κ3) is 5.56. The summed E-state index contributed by atoms with van der Waals surface area (Å²) < 4.78 is 5.42. The maximum Gasteiger partial charge on any atom is 0.277 e. The van der Waals surface area contributed by atoms with Gasteiger partial charge in [-0.25, -0.2) is 0 Å². The fraction of sp³-hybridized carbons (Fsp3) is 0.150. The molecule has 0 aliphatic rings. The van der Waals surface area contributed by atoms with E-state index in [9.17, 15) is 25.0 Å². The van der Waals surface area contributed by atoms with Crippen molar-refractivity contribution < 1.29 is 19.4 Å². The predicted molar refractivity (Wildman–Crippen MR) is 110 cm³/mol. The Labute approximate surface area is 176 Å². The number of aryl methyl sites for hydroxylation is 1. The minimum Gasteiger partial charge on any atom is -0.475 e. The average Bonchev–Trinajstić information content (AvgIpc) is 2.77. The van der Waals surface area contributed by atoms with Gasteiger partial charge in [-0.05, 0) is 13.0 Å². The molecule has 1 heterocycles. The van der Waals surface area contributed by atoms with E-state index in [1.54, 1.807) is 12.1 Å². The van der Waals surface area contributed by atoms with Crippen molar-refractivity contribution in [3.63, 3.8) is 0 Å². The van der Waals surface area contributed by atoms with Crippen LogP contribution in [-0.2, 0) is 0 Å². The molecule has 2 aromatic carbocycles. The van der Waals surface area contributed by atoms with Gasteiger partial charge in [0.05, 0.1) is 33.7 Å². The number of aromatic nitrogens is 2. The van der Waals surface area contributed by atoms with Crippen LogP contribution in [0.1, 0.15) is 15.9 Å². The first kappa shape index (κ1) is 21.3. The molecule has 11 heteroatoms. The third-order valence-corrected chi connectivity index (χ3v) is 4.21. The van der Waals surface area contributed by atoms with Crippen LogP contribution in [0.15, 0.2) is 54.6 Å². The Balaban J connectivity index is 1.55. The Morgan fingerprint density at radius 3 is 2.16 bits per heavy atom. The van der Waals surface area contributed by atoms with E-state index in [1.165, 1.54) is 0 Å². The largest absolute Gasteiger partial charge is 0.475 e. The number of nitrogens with zero attached hydrogens (tertiary/aromatic N) is 4. The monoisotopic (exact) mass is 423 g/mol. The van der Waals surface area contributed by atoms with E-state index >= 15 is 0 Å². The summed E-state index contributed by atoms with van der Waals surface area (Å²) in [5, 5.41) is 32.4. The highest BCUT2D eigenvalue weighted by molar-refractivity contribution is 5.95. The molecule has 158 valence electrons. The quantitative estimate of drug-likeness (QED) is 0.330. The zero-order valence-electron chi connectivity index (χ0n) is 16.3. The molecule has 31 heavy (non-hydrogen) atoms. The first-order valence-electron chi connectivity index (χ1n) is 9.09. The predicted octanol–water partition coefficient (Wildman–Crippen LogP) is 3.08. The standard InChI is InChI=1S/C20H17N5O6/c1-13-2-4-14(5-3-13)18-6-7-19(23-22-18)31-9-8-21-20(26)15-10-16(24(27)28)12-17(11-15)25(29)30/h2-7,10-12H,8-9H2,1H3,(H,21,26). The maximum atomic E-state index is 12.2. The van der Waals surface area contributed by atoms with Crippen LogP contribution in [0.4, 0.5) is 11.4 Å². The molecule has 0 atom stereocenters. The second kappa shape index (κ2) is 9.39. The topological polar surface area (TPSA) is 150 Å². The van der Waals surface area contributed by atoms with E-state index < -0.39 is 27.1 Å². The number of nitrogens with one attached hydrogen (secondary N) is 1. The number of amides is 1. The molecule has 0 aliphatic carbocycles. The van der Waals surface area contributed by atoms with Crippen molar-refractivity contribution in [1.82, 2.24) is 15.5 Å². The lowest BCUT2D eigenvalue weighted by molar-refractivity contribution is -0.394. The number of ether oxygens (including phenoxy) is 1. The number of benzene rings is 2. The van der Waals surface area contributed by atoms with Crippen molar-refractivity contribution in [3.8, 4) is 17.1 Å². The van der Waals surface area contributed by atoms with Crippen LogP contribution in [0.2, 0.25) is 0 Å². The molecule has 0 bridgehead atoms. The number of rotatable bonds is 8. The van der Waals surface area contributed by atoms with Crippen LogP contribution < -0.4 is 10.1 Å². The minimum absolute atomic E-state index is 0.0523. The SMILES string of the molecule is Cc1ccc(-c2ccc(OCCNC(=O)c3cc([N+](=O)[O-])cc([N+](=O)[O-])c3)nn2)cc1. The van der Waals surface area contributed by atoms with Crippen LogP contribution in [0.25, 0.3) is 11.3 Å². The van der Waals surface area contributed by atoms with Crippen molar-refractivity contribution in [2.45, 2.75) is 6.92 Å². The molecule has 0 saturated carbocycles. The van der Waals surface area contributed by atoms with Gasteiger partial charge in [0.2, 0.25) is 5.88 Å². The molecule has 3 aromatic rings. The molecule has 1 aromatic heterocycles. The van der Waals surface area contributed by atoms with Crippen LogP contribution >= 0.6 is 0 Å². The number of non-ortho nitro benzene ring substituents is 2. The molecule has 1 amide bonds. The molecule has 11 nitrogen and oxygen atoms in total. The lowest BCUT2D eigenvalue weighted by Gasteiger charge is -2.07. The Morgan fingerprint density at radius 1 is 0.968 bits per heavy atom. The van der Waals surface area contributed by atoms with Crippen molar-refractivity contribution in [2.24, 2.45) is 0 Å². The highest BCUT2D eigenvalue weighted by atomic mass is 16.6. The van der Waals surface area contributed by atoms with Crippen molar-refractivity contribution in [3.05, 3.63) is 86.0 Å². The second-order valence-electron chi connectivity index (χ2n) is 6.48. The van der Waals surface area contributed by atoms with Crippen molar-refractivity contribution >= 4 is 17.3 Å². The van der Waals surface area contributed by atoms with Gasteiger partial charge in [0.25, 0.3) is 17.3 Å². The lowest BCUT2D eigenvalue weighted by atomic mass is 10.1. The zero-order chi connectivity index (χ0) is 22.4. The van der Waals surface area contributed by atoms with Crippen LogP contribution in [-0.4, -0.2) is 39.1 Å². The van der Waals surface area contributed by atoms with Gasteiger partial charge in [0.1, 0.15) is 6.61 Å². The van der Waals surface area contributed by atoms with Gasteiger partial charge in [-0.15, -0.1) is 10.2 Å². The Hall–Kier alpha value is -4.41. The van der Waals surface area contributed by atoms with Gasteiger partial charge >= 0.3 is 0 Å². The molecular formula is C20H17N5O6. The molecule has 0 radical (unpaired) electrons. The molecule has 1 N–H and O–H groups in total. The molecule has 3 rings (SSSR count). The van der Waals surface area contributed by atoms with Gasteiger partial charge in [0, 0.05) is 23.8 Å².